The van der Waals surface area contributed by atoms with Crippen molar-refractivity contribution in [1.29, 1.82) is 0 Å². The summed E-state index contributed by atoms with van der Waals surface area (Å²) in [7, 11) is 0. The van der Waals surface area contributed by atoms with Crippen molar-refractivity contribution in [3.8, 4) is 0 Å². The van der Waals surface area contributed by atoms with E-state index in [0.29, 0.717) is 12.8 Å². The van der Waals surface area contributed by atoms with Crippen LogP contribution in [0.1, 0.15) is 19.8 Å². The summed E-state index contributed by atoms with van der Waals surface area (Å²) in [5, 5.41) is 13.6. The van der Waals surface area contributed by atoms with Gasteiger partial charge in [0.05, 0.1) is 10.7 Å². The summed E-state index contributed by atoms with van der Waals surface area (Å²) >= 11 is 8.88. The Morgan fingerprint density at radius 1 is 1.50 bits per heavy atom. The molecule has 1 aromatic carbocycles. The third-order valence-corrected chi connectivity index (χ3v) is 3.35. The molecule has 8 heteroatoms. The van der Waals surface area contributed by atoms with Crippen LogP contribution in [0.4, 0.5) is 14.9 Å². The fourth-order valence-corrected chi connectivity index (χ4v) is 2.41. The number of carbonyl (C=O) groups is 2. The van der Waals surface area contributed by atoms with Crippen LogP contribution >= 0.6 is 27.5 Å². The Hall–Kier alpha value is -1.34. The lowest BCUT2D eigenvalue weighted by Gasteiger charge is -2.15. The number of carboxylic acids is 1. The van der Waals surface area contributed by atoms with Crippen LogP contribution in [-0.4, -0.2) is 23.1 Å². The minimum absolute atomic E-state index is 0.00870. The average molecular weight is 368 g/mol. The Bertz CT molecular complexity index is 504. The lowest BCUT2D eigenvalue weighted by molar-refractivity contribution is -0.139. The molecule has 0 saturated heterocycles. The van der Waals surface area contributed by atoms with Gasteiger partial charge in [0.15, 0.2) is 0 Å². The second-order valence-corrected chi connectivity index (χ2v) is 5.28. The Morgan fingerprint density at radius 2 is 2.15 bits per heavy atom. The number of amides is 2. The molecule has 3 N–H and O–H groups in total. The smallest absolute Gasteiger partial charge is 0.326 e. The van der Waals surface area contributed by atoms with Gasteiger partial charge in [-0.1, -0.05) is 24.9 Å². The number of rotatable bonds is 5. The van der Waals surface area contributed by atoms with Gasteiger partial charge in [-0.05, 0) is 34.5 Å². The van der Waals surface area contributed by atoms with Crippen molar-refractivity contribution < 1.29 is 19.1 Å². The van der Waals surface area contributed by atoms with Crippen LogP contribution in [0, 0.1) is 5.82 Å². The molecule has 110 valence electrons. The summed E-state index contributed by atoms with van der Waals surface area (Å²) in [6.07, 6.45) is 0.916. The summed E-state index contributed by atoms with van der Waals surface area (Å²) in [4.78, 5) is 22.7. The van der Waals surface area contributed by atoms with E-state index >= 15 is 0 Å². The van der Waals surface area contributed by atoms with Gasteiger partial charge < -0.3 is 15.7 Å². The molecule has 0 aliphatic rings. The van der Waals surface area contributed by atoms with Gasteiger partial charge in [-0.2, -0.15) is 0 Å². The molecule has 2 amide bonds. The summed E-state index contributed by atoms with van der Waals surface area (Å²) in [6, 6.07) is 0.475. The van der Waals surface area contributed by atoms with E-state index in [9.17, 15) is 14.0 Å². The first kappa shape index (κ1) is 16.7. The summed E-state index contributed by atoms with van der Waals surface area (Å²) in [6.45, 7) is 1.81. The van der Waals surface area contributed by atoms with E-state index in [-0.39, 0.29) is 15.2 Å². The van der Waals surface area contributed by atoms with Crippen LogP contribution in [-0.2, 0) is 4.79 Å². The third-order valence-electron chi connectivity index (χ3n) is 2.43. The van der Waals surface area contributed by atoms with Crippen molar-refractivity contribution in [1.82, 2.24) is 5.32 Å². The summed E-state index contributed by atoms with van der Waals surface area (Å²) in [5.41, 5.74) is 0.172. The molecular weight excluding hydrogens is 354 g/mol. The molecule has 0 heterocycles. The number of anilines is 1. The zero-order valence-electron chi connectivity index (χ0n) is 10.5. The zero-order chi connectivity index (χ0) is 15.3. The van der Waals surface area contributed by atoms with Crippen LogP contribution in [0.15, 0.2) is 16.6 Å². The number of benzene rings is 1. The number of hydrogen-bond acceptors (Lipinski definition) is 2. The maximum Gasteiger partial charge on any atom is 0.326 e. The molecule has 0 aromatic heterocycles. The first-order valence-electron chi connectivity index (χ1n) is 5.80. The third kappa shape index (κ3) is 4.64. The molecule has 0 fully saturated rings. The number of carboxylic acid groups (broad SMARTS) is 1. The number of urea groups is 1. The summed E-state index contributed by atoms with van der Waals surface area (Å²) in [5.74, 6) is -1.67. The SMILES string of the molecule is CCCC(NC(=O)Nc1c(Cl)cc(F)cc1Br)C(=O)O. The first-order valence-corrected chi connectivity index (χ1v) is 6.97. The minimum Gasteiger partial charge on any atom is -0.480 e. The number of nitrogens with one attached hydrogen (secondary N) is 2. The lowest BCUT2D eigenvalue weighted by atomic mass is 10.2. The fourth-order valence-electron chi connectivity index (χ4n) is 1.52. The molecule has 1 atom stereocenters. The highest BCUT2D eigenvalue weighted by atomic mass is 79.9. The predicted molar refractivity (Wildman–Crippen MR) is 77.6 cm³/mol. The minimum atomic E-state index is -1.12. The van der Waals surface area contributed by atoms with Crippen LogP contribution < -0.4 is 10.6 Å². The monoisotopic (exact) mass is 366 g/mol. The number of aliphatic carboxylic acids is 1. The van der Waals surface area contributed by atoms with E-state index in [2.05, 4.69) is 26.6 Å². The average Bonchev–Trinajstić information content (AvgIpc) is 2.33. The van der Waals surface area contributed by atoms with E-state index < -0.39 is 23.9 Å². The Kier molecular flexibility index (Phi) is 6.22. The van der Waals surface area contributed by atoms with Gasteiger partial charge in [0.1, 0.15) is 11.9 Å². The van der Waals surface area contributed by atoms with Crippen molar-refractivity contribution in [3.05, 3.63) is 27.4 Å². The molecule has 0 spiro atoms. The highest BCUT2D eigenvalue weighted by Gasteiger charge is 2.20. The van der Waals surface area contributed by atoms with Gasteiger partial charge in [-0.15, -0.1) is 0 Å². The molecule has 0 saturated carbocycles. The van der Waals surface area contributed by atoms with E-state index in [1.165, 1.54) is 0 Å². The lowest BCUT2D eigenvalue weighted by Crippen LogP contribution is -2.43. The molecule has 0 radical (unpaired) electrons. The van der Waals surface area contributed by atoms with Crippen molar-refractivity contribution >= 4 is 45.2 Å². The Morgan fingerprint density at radius 3 is 2.65 bits per heavy atom. The van der Waals surface area contributed by atoms with Crippen LogP contribution in [0.25, 0.3) is 0 Å². The molecule has 1 aromatic rings. The number of carbonyl (C=O) groups excluding carboxylic acids is 1. The first-order chi connectivity index (χ1) is 9.35. The van der Waals surface area contributed by atoms with E-state index in [1.807, 2.05) is 6.92 Å². The fraction of sp³-hybridized carbons (Fsp3) is 0.333. The summed E-state index contributed by atoms with van der Waals surface area (Å²) < 4.78 is 13.3. The van der Waals surface area contributed by atoms with Gasteiger partial charge in [-0.25, -0.2) is 14.0 Å². The standard InChI is InChI=1S/C12H13BrClFN2O3/c1-2-3-9(11(18)19)16-12(20)17-10-7(13)4-6(15)5-8(10)14/h4-5,9H,2-3H2,1H3,(H,18,19)(H2,16,17,20). The predicted octanol–water partition coefficient (Wildman–Crippen LogP) is 3.62. The molecule has 5 nitrogen and oxygen atoms in total. The quantitative estimate of drug-likeness (QED) is 0.744. The number of halogens is 3. The maximum absolute atomic E-state index is 13.0. The van der Waals surface area contributed by atoms with E-state index in [4.69, 9.17) is 16.7 Å². The normalized spacial score (nSPS) is 11.8. The molecule has 0 aliphatic heterocycles. The molecule has 20 heavy (non-hydrogen) atoms. The van der Waals surface area contributed by atoms with Crippen molar-refractivity contribution in [2.75, 3.05) is 5.32 Å². The molecule has 0 aliphatic carbocycles. The van der Waals surface area contributed by atoms with Gasteiger partial charge in [0.25, 0.3) is 0 Å². The largest absolute Gasteiger partial charge is 0.480 e. The second-order valence-electron chi connectivity index (χ2n) is 4.02. The van der Waals surface area contributed by atoms with E-state index in [0.717, 1.165) is 12.1 Å². The molecule has 0 bridgehead atoms. The molecule has 1 rings (SSSR count). The van der Waals surface area contributed by atoms with Crippen LogP contribution in [0.5, 0.6) is 0 Å². The Labute approximate surface area is 128 Å². The zero-order valence-corrected chi connectivity index (χ0v) is 12.9. The van der Waals surface area contributed by atoms with Gasteiger partial charge in [0, 0.05) is 4.47 Å². The maximum atomic E-state index is 13.0. The van der Waals surface area contributed by atoms with Gasteiger partial charge >= 0.3 is 12.0 Å². The highest BCUT2D eigenvalue weighted by molar-refractivity contribution is 9.10. The highest BCUT2D eigenvalue weighted by Crippen LogP contribution is 2.31. The van der Waals surface area contributed by atoms with Crippen molar-refractivity contribution in [2.24, 2.45) is 0 Å². The van der Waals surface area contributed by atoms with Crippen molar-refractivity contribution in [3.63, 3.8) is 0 Å². The molecule has 1 unspecified atom stereocenters. The van der Waals surface area contributed by atoms with Crippen LogP contribution in [0.2, 0.25) is 5.02 Å². The van der Waals surface area contributed by atoms with Crippen LogP contribution in [0.3, 0.4) is 0 Å². The topological polar surface area (TPSA) is 78.4 Å². The number of hydrogen-bond donors (Lipinski definition) is 3. The van der Waals surface area contributed by atoms with Crippen molar-refractivity contribution in [2.45, 2.75) is 25.8 Å². The Balaban J connectivity index is 2.78. The van der Waals surface area contributed by atoms with Gasteiger partial charge in [-0.3, -0.25) is 0 Å². The molecular formula is C12H13BrClFN2O3. The second kappa shape index (κ2) is 7.44. The van der Waals surface area contributed by atoms with E-state index in [1.54, 1.807) is 0 Å². The van der Waals surface area contributed by atoms with Gasteiger partial charge in [0.2, 0.25) is 0 Å².